The smallest absolute Gasteiger partial charge is 0.309 e. The summed E-state index contributed by atoms with van der Waals surface area (Å²) in [5.74, 6) is -0.225. The van der Waals surface area contributed by atoms with Gasteiger partial charge >= 0.3 is 5.97 Å². The number of rotatable bonds is 4. The Hall–Kier alpha value is -1.75. The molecule has 0 aromatic heterocycles. The highest BCUT2D eigenvalue weighted by Crippen LogP contribution is 2.27. The monoisotopic (exact) mass is 237 g/mol. The maximum atomic E-state index is 10.6. The van der Waals surface area contributed by atoms with Crippen LogP contribution in [-0.2, 0) is 11.3 Å². The molecule has 0 amide bonds. The number of hydrogen-bond donors (Lipinski definition) is 2. The molecule has 1 aromatic carbocycles. The van der Waals surface area contributed by atoms with Crippen molar-refractivity contribution in [3.8, 4) is 11.5 Å². The van der Waals surface area contributed by atoms with Crippen LogP contribution < -0.4 is 4.74 Å². The zero-order chi connectivity index (χ0) is 12.4. The van der Waals surface area contributed by atoms with Gasteiger partial charge in [0.05, 0.1) is 13.0 Å². The fourth-order valence-electron chi connectivity index (χ4n) is 1.90. The van der Waals surface area contributed by atoms with Gasteiger partial charge in [0.1, 0.15) is 11.5 Å². The van der Waals surface area contributed by atoms with E-state index >= 15 is 0 Å². The Bertz CT molecular complexity index is 427. The summed E-state index contributed by atoms with van der Waals surface area (Å²) >= 11 is 0. The van der Waals surface area contributed by atoms with Crippen molar-refractivity contribution in [1.29, 1.82) is 0 Å². The van der Waals surface area contributed by atoms with Crippen molar-refractivity contribution in [2.75, 3.05) is 20.2 Å². The molecule has 2 N–H and O–H groups in total. The van der Waals surface area contributed by atoms with E-state index in [9.17, 15) is 9.90 Å². The van der Waals surface area contributed by atoms with Gasteiger partial charge in [-0.05, 0) is 6.07 Å². The Morgan fingerprint density at radius 3 is 2.76 bits per heavy atom. The number of aliphatic carboxylic acids is 1. The standard InChI is InChI=1S/C12H15NO4/c1-17-10-3-2-8(11(14)4-10)5-13-6-9(7-13)12(15)16/h2-4,9,14H,5-7H2,1H3,(H,15,16). The molecule has 5 heteroatoms. The normalized spacial score (nSPS) is 16.5. The number of hydrogen-bond acceptors (Lipinski definition) is 4. The molecule has 1 heterocycles. The molecular weight excluding hydrogens is 222 g/mol. The summed E-state index contributed by atoms with van der Waals surface area (Å²) in [4.78, 5) is 12.6. The fraction of sp³-hybridized carbons (Fsp3) is 0.417. The summed E-state index contributed by atoms with van der Waals surface area (Å²) in [6, 6.07) is 5.13. The lowest BCUT2D eigenvalue weighted by Gasteiger charge is -2.36. The SMILES string of the molecule is COc1ccc(CN2CC(C(=O)O)C2)c(O)c1. The molecule has 0 atom stereocenters. The summed E-state index contributed by atoms with van der Waals surface area (Å²) < 4.78 is 4.99. The van der Waals surface area contributed by atoms with Crippen LogP contribution >= 0.6 is 0 Å². The van der Waals surface area contributed by atoms with Crippen molar-refractivity contribution in [3.05, 3.63) is 23.8 Å². The minimum absolute atomic E-state index is 0.183. The number of carbonyl (C=O) groups is 1. The van der Waals surface area contributed by atoms with Crippen molar-refractivity contribution >= 4 is 5.97 Å². The molecule has 1 saturated heterocycles. The number of ether oxygens (including phenoxy) is 1. The molecule has 0 spiro atoms. The first-order chi connectivity index (χ1) is 8.10. The molecule has 0 saturated carbocycles. The summed E-state index contributed by atoms with van der Waals surface area (Å²) in [5.41, 5.74) is 0.787. The lowest BCUT2D eigenvalue weighted by atomic mass is 9.99. The molecule has 2 rings (SSSR count). The van der Waals surface area contributed by atoms with E-state index in [0.717, 1.165) is 5.56 Å². The number of phenolic OH excluding ortho intramolecular Hbond substituents is 1. The van der Waals surface area contributed by atoms with Crippen molar-refractivity contribution < 1.29 is 19.7 Å². The van der Waals surface area contributed by atoms with Gasteiger partial charge in [-0.25, -0.2) is 0 Å². The van der Waals surface area contributed by atoms with Gasteiger partial charge in [-0.2, -0.15) is 0 Å². The molecule has 0 unspecified atom stereocenters. The van der Waals surface area contributed by atoms with E-state index in [-0.39, 0.29) is 11.7 Å². The zero-order valence-electron chi connectivity index (χ0n) is 9.59. The molecule has 1 aliphatic rings. The molecule has 1 aromatic rings. The molecule has 5 nitrogen and oxygen atoms in total. The second-order valence-corrected chi connectivity index (χ2v) is 4.22. The Morgan fingerprint density at radius 2 is 2.24 bits per heavy atom. The van der Waals surface area contributed by atoms with Crippen LogP contribution in [0, 0.1) is 5.92 Å². The van der Waals surface area contributed by atoms with Gasteiger partial charge in [-0.15, -0.1) is 0 Å². The Labute approximate surface area is 99.2 Å². The van der Waals surface area contributed by atoms with Crippen LogP contribution in [0.5, 0.6) is 11.5 Å². The average Bonchev–Trinajstić information content (AvgIpc) is 2.23. The maximum Gasteiger partial charge on any atom is 0.309 e. The van der Waals surface area contributed by atoms with Crippen LogP contribution in [0.3, 0.4) is 0 Å². The first-order valence-corrected chi connectivity index (χ1v) is 5.41. The molecule has 0 aliphatic carbocycles. The zero-order valence-corrected chi connectivity index (χ0v) is 9.59. The number of likely N-dealkylation sites (tertiary alicyclic amines) is 1. The van der Waals surface area contributed by atoms with Gasteiger partial charge in [0, 0.05) is 31.3 Å². The Morgan fingerprint density at radius 1 is 1.53 bits per heavy atom. The second-order valence-electron chi connectivity index (χ2n) is 4.22. The van der Waals surface area contributed by atoms with Crippen LogP contribution in [0.15, 0.2) is 18.2 Å². The van der Waals surface area contributed by atoms with E-state index in [1.807, 2.05) is 4.90 Å². The van der Waals surface area contributed by atoms with E-state index in [1.54, 1.807) is 25.3 Å². The molecule has 92 valence electrons. The van der Waals surface area contributed by atoms with E-state index in [2.05, 4.69) is 0 Å². The Kier molecular flexibility index (Phi) is 3.19. The van der Waals surface area contributed by atoms with Crippen molar-refractivity contribution in [2.24, 2.45) is 5.92 Å². The van der Waals surface area contributed by atoms with Crippen LogP contribution in [0.1, 0.15) is 5.56 Å². The highest BCUT2D eigenvalue weighted by Gasteiger charge is 2.32. The fourth-order valence-corrected chi connectivity index (χ4v) is 1.90. The van der Waals surface area contributed by atoms with Crippen molar-refractivity contribution in [3.63, 3.8) is 0 Å². The van der Waals surface area contributed by atoms with E-state index in [4.69, 9.17) is 9.84 Å². The van der Waals surface area contributed by atoms with Gasteiger partial charge in [-0.1, -0.05) is 6.07 Å². The van der Waals surface area contributed by atoms with Crippen LogP contribution in [0.25, 0.3) is 0 Å². The molecule has 0 radical (unpaired) electrons. The number of carboxylic acids is 1. The topological polar surface area (TPSA) is 70.0 Å². The number of methoxy groups -OCH3 is 1. The first kappa shape index (κ1) is 11.7. The summed E-state index contributed by atoms with van der Waals surface area (Å²) in [6.07, 6.45) is 0. The summed E-state index contributed by atoms with van der Waals surface area (Å²) in [5, 5.41) is 18.5. The Balaban J connectivity index is 1.94. The molecular formula is C12H15NO4. The van der Waals surface area contributed by atoms with Crippen LogP contribution in [-0.4, -0.2) is 41.3 Å². The predicted octanol–water partition coefficient (Wildman–Crippen LogP) is 0.917. The highest BCUT2D eigenvalue weighted by molar-refractivity contribution is 5.71. The van der Waals surface area contributed by atoms with Gasteiger partial charge in [-0.3, -0.25) is 9.69 Å². The van der Waals surface area contributed by atoms with Gasteiger partial charge in [0.2, 0.25) is 0 Å². The number of carboxylic acid groups (broad SMARTS) is 1. The minimum atomic E-state index is -0.750. The lowest BCUT2D eigenvalue weighted by molar-refractivity contribution is -0.147. The number of benzene rings is 1. The molecule has 0 bridgehead atoms. The van der Waals surface area contributed by atoms with E-state index in [1.165, 1.54) is 0 Å². The third-order valence-corrected chi connectivity index (χ3v) is 2.99. The molecule has 1 fully saturated rings. The lowest BCUT2D eigenvalue weighted by Crippen LogP contribution is -2.49. The molecule has 1 aliphatic heterocycles. The van der Waals surface area contributed by atoms with Crippen molar-refractivity contribution in [2.45, 2.75) is 6.54 Å². The maximum absolute atomic E-state index is 10.6. The van der Waals surface area contributed by atoms with E-state index < -0.39 is 5.97 Å². The van der Waals surface area contributed by atoms with E-state index in [0.29, 0.717) is 25.4 Å². The van der Waals surface area contributed by atoms with Crippen LogP contribution in [0.4, 0.5) is 0 Å². The summed E-state index contributed by atoms with van der Waals surface area (Å²) in [7, 11) is 1.54. The average molecular weight is 237 g/mol. The third kappa shape index (κ3) is 2.50. The highest BCUT2D eigenvalue weighted by atomic mass is 16.5. The molecule has 17 heavy (non-hydrogen) atoms. The van der Waals surface area contributed by atoms with Crippen molar-refractivity contribution in [1.82, 2.24) is 4.90 Å². The van der Waals surface area contributed by atoms with Gasteiger partial charge in [0.15, 0.2) is 0 Å². The van der Waals surface area contributed by atoms with Crippen LogP contribution in [0.2, 0.25) is 0 Å². The largest absolute Gasteiger partial charge is 0.507 e. The second kappa shape index (κ2) is 4.63. The first-order valence-electron chi connectivity index (χ1n) is 5.41. The summed E-state index contributed by atoms with van der Waals surface area (Å²) in [6.45, 7) is 1.65. The van der Waals surface area contributed by atoms with Gasteiger partial charge < -0.3 is 14.9 Å². The van der Waals surface area contributed by atoms with Gasteiger partial charge in [0.25, 0.3) is 0 Å². The number of nitrogens with zero attached hydrogens (tertiary/aromatic N) is 1. The minimum Gasteiger partial charge on any atom is -0.507 e. The third-order valence-electron chi connectivity index (χ3n) is 2.99. The number of aromatic hydroxyl groups is 1. The number of phenols is 1. The quantitative estimate of drug-likeness (QED) is 0.814. The predicted molar refractivity (Wildman–Crippen MR) is 61.1 cm³/mol.